The van der Waals surface area contributed by atoms with Crippen LogP contribution in [0.4, 0.5) is 15.8 Å². The number of carbonyl (C=O) groups is 1. The van der Waals surface area contributed by atoms with Crippen LogP contribution in [0.1, 0.15) is 29.8 Å². The van der Waals surface area contributed by atoms with Crippen LogP contribution in [-0.4, -0.2) is 18.0 Å². The van der Waals surface area contributed by atoms with Gasteiger partial charge in [0.1, 0.15) is 11.4 Å². The zero-order valence-corrected chi connectivity index (χ0v) is 13.1. The molecule has 0 aliphatic rings. The van der Waals surface area contributed by atoms with Gasteiger partial charge in [-0.1, -0.05) is 19.9 Å². The second-order valence-corrected chi connectivity index (χ2v) is 4.24. The summed E-state index contributed by atoms with van der Waals surface area (Å²) in [6.45, 7) is 5.79. The number of pyridine rings is 1. The third-order valence-electron chi connectivity index (χ3n) is 2.77. The number of halogens is 1. The lowest BCUT2D eigenvalue weighted by Crippen LogP contribution is -2.15. The number of amides is 1. The van der Waals surface area contributed by atoms with Crippen molar-refractivity contribution in [1.82, 2.24) is 4.98 Å². The van der Waals surface area contributed by atoms with Gasteiger partial charge in [-0.05, 0) is 24.6 Å². The molecular weight excluding hydrogens is 285 g/mol. The zero-order valence-electron chi connectivity index (χ0n) is 13.1. The minimum absolute atomic E-state index is 0.127. The highest BCUT2D eigenvalue weighted by atomic mass is 19.1. The number of methoxy groups -OCH3 is 1. The first kappa shape index (κ1) is 17.4. The zero-order chi connectivity index (χ0) is 16.7. The Bertz CT molecular complexity index is 660. The number of nitrogens with two attached hydrogens (primary N) is 1. The van der Waals surface area contributed by atoms with E-state index in [4.69, 9.17) is 10.5 Å². The minimum Gasteiger partial charge on any atom is -0.494 e. The first-order valence-electron chi connectivity index (χ1n) is 6.88. The molecule has 1 aromatic carbocycles. The van der Waals surface area contributed by atoms with Gasteiger partial charge in [-0.3, -0.25) is 9.78 Å². The van der Waals surface area contributed by atoms with Gasteiger partial charge in [0.25, 0.3) is 5.91 Å². The Kier molecular flexibility index (Phi) is 6.31. The first-order valence-corrected chi connectivity index (χ1v) is 6.88. The van der Waals surface area contributed by atoms with E-state index in [0.29, 0.717) is 5.69 Å². The average molecular weight is 305 g/mol. The van der Waals surface area contributed by atoms with Crippen LogP contribution in [0.2, 0.25) is 0 Å². The van der Waals surface area contributed by atoms with Gasteiger partial charge >= 0.3 is 0 Å². The number of ether oxygens (including phenoxy) is 1. The maximum Gasteiger partial charge on any atom is 0.254 e. The summed E-state index contributed by atoms with van der Waals surface area (Å²) in [6.07, 6.45) is 2.76. The molecule has 1 heterocycles. The van der Waals surface area contributed by atoms with E-state index in [1.165, 1.54) is 25.6 Å². The molecule has 0 bridgehead atoms. The van der Waals surface area contributed by atoms with Gasteiger partial charge in [0, 0.05) is 0 Å². The Hall–Kier alpha value is -2.63. The fourth-order valence-electron chi connectivity index (χ4n) is 1.81. The van der Waals surface area contributed by atoms with Crippen LogP contribution in [-0.2, 0) is 0 Å². The number of anilines is 2. The van der Waals surface area contributed by atoms with E-state index in [0.717, 1.165) is 5.56 Å². The third kappa shape index (κ3) is 3.94. The molecule has 22 heavy (non-hydrogen) atoms. The van der Waals surface area contributed by atoms with Gasteiger partial charge in [-0.15, -0.1) is 0 Å². The number of benzene rings is 1. The highest BCUT2D eigenvalue weighted by Gasteiger charge is 2.16. The van der Waals surface area contributed by atoms with Crippen molar-refractivity contribution in [2.45, 2.75) is 20.8 Å². The first-order chi connectivity index (χ1) is 10.5. The molecule has 0 spiro atoms. The summed E-state index contributed by atoms with van der Waals surface area (Å²) in [4.78, 5) is 15.4. The van der Waals surface area contributed by atoms with E-state index in [1.807, 2.05) is 13.8 Å². The molecule has 2 rings (SSSR count). The molecule has 0 unspecified atom stereocenters. The maximum absolute atomic E-state index is 13.8. The molecule has 3 N–H and O–H groups in total. The van der Waals surface area contributed by atoms with E-state index >= 15 is 0 Å². The highest BCUT2D eigenvalue weighted by molar-refractivity contribution is 6.01. The Labute approximate surface area is 129 Å². The van der Waals surface area contributed by atoms with Crippen LogP contribution < -0.4 is 15.8 Å². The van der Waals surface area contributed by atoms with Gasteiger partial charge in [-0.25, -0.2) is 4.39 Å². The van der Waals surface area contributed by atoms with Gasteiger partial charge in [0.2, 0.25) is 0 Å². The number of aromatic nitrogens is 1. The van der Waals surface area contributed by atoms with E-state index in [-0.39, 0.29) is 17.0 Å². The summed E-state index contributed by atoms with van der Waals surface area (Å²) in [5.74, 6) is -0.877. The highest BCUT2D eigenvalue weighted by Crippen LogP contribution is 2.28. The Morgan fingerprint density at radius 2 is 1.95 bits per heavy atom. The van der Waals surface area contributed by atoms with Crippen molar-refractivity contribution in [3.8, 4) is 5.75 Å². The number of aryl methyl sites for hydroxylation is 1. The number of nitrogens with zero attached hydrogens (tertiary/aromatic N) is 1. The van der Waals surface area contributed by atoms with Gasteiger partial charge < -0.3 is 15.8 Å². The van der Waals surface area contributed by atoms with Crippen molar-refractivity contribution in [3.05, 3.63) is 47.5 Å². The molecule has 1 aromatic heterocycles. The predicted octanol–water partition coefficient (Wildman–Crippen LogP) is 3.41. The second-order valence-electron chi connectivity index (χ2n) is 4.24. The molecule has 0 aliphatic heterocycles. The number of rotatable bonds is 4. The van der Waals surface area contributed by atoms with E-state index < -0.39 is 11.7 Å². The number of nitrogens with one attached hydrogen (secondary N) is 1. The maximum atomic E-state index is 13.8. The van der Waals surface area contributed by atoms with Crippen molar-refractivity contribution in [2.75, 3.05) is 12.4 Å². The van der Waals surface area contributed by atoms with Crippen molar-refractivity contribution in [2.24, 2.45) is 5.73 Å². The number of hydrogen-bond acceptors (Lipinski definition) is 4. The third-order valence-corrected chi connectivity index (χ3v) is 2.77. The molecule has 0 fully saturated rings. The van der Waals surface area contributed by atoms with Crippen LogP contribution in [0.15, 0.2) is 30.6 Å². The normalized spacial score (nSPS) is 9.50. The van der Waals surface area contributed by atoms with Crippen LogP contribution in [0.25, 0.3) is 0 Å². The molecule has 0 saturated heterocycles. The number of hydrogen-bond donors (Lipinski definition) is 2. The monoisotopic (exact) mass is 305 g/mol. The fraction of sp³-hybridized carbons (Fsp3) is 0.250. The summed E-state index contributed by atoms with van der Waals surface area (Å²) in [5.41, 5.74) is 6.77. The molecule has 0 radical (unpaired) electrons. The second kappa shape index (κ2) is 7.97. The van der Waals surface area contributed by atoms with E-state index in [9.17, 15) is 9.18 Å². The van der Waals surface area contributed by atoms with Crippen LogP contribution in [0, 0.1) is 12.7 Å². The molecule has 5 nitrogen and oxygen atoms in total. The van der Waals surface area contributed by atoms with Gasteiger partial charge in [0.05, 0.1) is 30.9 Å². The smallest absolute Gasteiger partial charge is 0.254 e. The largest absolute Gasteiger partial charge is 0.494 e. The summed E-state index contributed by atoms with van der Waals surface area (Å²) < 4.78 is 18.9. The van der Waals surface area contributed by atoms with Crippen molar-refractivity contribution in [3.63, 3.8) is 0 Å². The molecular formula is C16H20FN3O2. The van der Waals surface area contributed by atoms with Crippen LogP contribution >= 0.6 is 0 Å². The quantitative estimate of drug-likeness (QED) is 0.907. The van der Waals surface area contributed by atoms with E-state index in [1.54, 1.807) is 19.1 Å². The molecule has 118 valence electrons. The van der Waals surface area contributed by atoms with Gasteiger partial charge in [0.15, 0.2) is 5.75 Å². The summed E-state index contributed by atoms with van der Waals surface area (Å²) >= 11 is 0. The minimum atomic E-state index is -0.681. The Morgan fingerprint density at radius 1 is 1.27 bits per heavy atom. The summed E-state index contributed by atoms with van der Waals surface area (Å²) in [5, 5.41) is 2.81. The molecule has 6 heteroatoms. The fourth-order valence-corrected chi connectivity index (χ4v) is 1.81. The topological polar surface area (TPSA) is 77.2 Å². The Morgan fingerprint density at radius 3 is 2.50 bits per heavy atom. The van der Waals surface area contributed by atoms with Crippen LogP contribution in [0.3, 0.4) is 0 Å². The van der Waals surface area contributed by atoms with Crippen LogP contribution in [0.5, 0.6) is 5.75 Å². The summed E-state index contributed by atoms with van der Waals surface area (Å²) in [7, 11) is 1.40. The van der Waals surface area contributed by atoms with Crippen molar-refractivity contribution >= 4 is 17.3 Å². The number of primary amides is 1. The molecule has 0 aliphatic carbocycles. The molecule has 2 aromatic rings. The standard InChI is InChI=1S/C14H14FN3O2.C2H6/c1-8-3-4-10(9(15)5-8)18-11-6-17-7-12(20-2)13(11)14(16)19;1-2/h3-7,18H,1-2H3,(H2,16,19);1-2H3. The van der Waals surface area contributed by atoms with Crippen molar-refractivity contribution < 1.29 is 13.9 Å². The lowest BCUT2D eigenvalue weighted by molar-refractivity contribution is 0.0998. The molecule has 0 atom stereocenters. The molecule has 1 amide bonds. The van der Waals surface area contributed by atoms with Crippen molar-refractivity contribution in [1.29, 1.82) is 0 Å². The molecule has 0 saturated carbocycles. The summed E-state index contributed by atoms with van der Waals surface area (Å²) in [6, 6.07) is 4.72. The average Bonchev–Trinajstić information content (AvgIpc) is 2.51. The lowest BCUT2D eigenvalue weighted by Gasteiger charge is -2.13. The van der Waals surface area contributed by atoms with E-state index in [2.05, 4.69) is 10.3 Å². The predicted molar refractivity (Wildman–Crippen MR) is 85.1 cm³/mol. The number of carbonyl (C=O) groups excluding carboxylic acids is 1. The SMILES string of the molecule is CC.COc1cncc(Nc2ccc(C)cc2F)c1C(N)=O. The Balaban J connectivity index is 0.00000116. The lowest BCUT2D eigenvalue weighted by atomic mass is 10.1. The van der Waals surface area contributed by atoms with Gasteiger partial charge in [-0.2, -0.15) is 0 Å².